The van der Waals surface area contributed by atoms with Gasteiger partial charge in [0, 0.05) is 5.69 Å². The predicted octanol–water partition coefficient (Wildman–Crippen LogP) is 1.13. The summed E-state index contributed by atoms with van der Waals surface area (Å²) in [6.07, 6.45) is 0. The fraction of sp³-hybridized carbons (Fsp3) is 0.545. The highest BCUT2D eigenvalue weighted by Crippen LogP contribution is 2.12. The van der Waals surface area contributed by atoms with Gasteiger partial charge in [-0.15, -0.1) is 0 Å². The molecule has 1 aromatic heterocycles. The largest absolute Gasteiger partial charge is 0.480 e. The number of H-pyrrole nitrogens is 1. The van der Waals surface area contributed by atoms with Crippen LogP contribution in [0.1, 0.15) is 49.8 Å². The summed E-state index contributed by atoms with van der Waals surface area (Å²) in [6.45, 7) is 6.78. The van der Waals surface area contributed by atoms with Crippen molar-refractivity contribution in [1.82, 2.24) is 15.5 Å². The van der Waals surface area contributed by atoms with Crippen molar-refractivity contribution in [2.45, 2.75) is 39.2 Å². The lowest BCUT2D eigenvalue weighted by molar-refractivity contribution is -0.143. The number of nitrogens with one attached hydrogen (secondary N) is 2. The van der Waals surface area contributed by atoms with Crippen molar-refractivity contribution in [1.29, 1.82) is 0 Å². The molecule has 1 amide bonds. The summed E-state index contributed by atoms with van der Waals surface area (Å²) >= 11 is 0. The molecule has 0 aliphatic carbocycles. The van der Waals surface area contributed by atoms with Gasteiger partial charge >= 0.3 is 5.97 Å². The zero-order valence-electron chi connectivity index (χ0n) is 10.4. The minimum atomic E-state index is -1.31. The molecule has 94 valence electrons. The molecule has 1 heterocycles. The molecule has 0 unspecified atom stereocenters. The number of hydrogen-bond donors (Lipinski definition) is 3. The second-order valence-corrected chi connectivity index (χ2v) is 4.75. The van der Waals surface area contributed by atoms with E-state index >= 15 is 0 Å². The summed E-state index contributed by atoms with van der Waals surface area (Å²) in [6, 6.07) is 1.62. The van der Waals surface area contributed by atoms with Gasteiger partial charge in [0.1, 0.15) is 11.2 Å². The maximum atomic E-state index is 11.7. The molecule has 0 fully saturated rings. The molecule has 0 spiro atoms. The van der Waals surface area contributed by atoms with Crippen LogP contribution in [0.5, 0.6) is 0 Å². The van der Waals surface area contributed by atoms with Gasteiger partial charge in [0.2, 0.25) is 0 Å². The van der Waals surface area contributed by atoms with Gasteiger partial charge in [0.15, 0.2) is 0 Å². The fourth-order valence-electron chi connectivity index (χ4n) is 1.15. The number of carbonyl (C=O) groups is 2. The predicted molar refractivity (Wildman–Crippen MR) is 61.9 cm³/mol. The Balaban J connectivity index is 2.80. The smallest absolute Gasteiger partial charge is 0.328 e. The van der Waals surface area contributed by atoms with E-state index in [-0.39, 0.29) is 11.6 Å². The zero-order chi connectivity index (χ0) is 13.2. The van der Waals surface area contributed by atoms with Crippen molar-refractivity contribution >= 4 is 11.9 Å². The molecule has 0 saturated heterocycles. The van der Waals surface area contributed by atoms with Gasteiger partial charge < -0.3 is 10.4 Å². The molecule has 0 atom stereocenters. The summed E-state index contributed by atoms with van der Waals surface area (Å²) in [5.41, 5.74) is -0.278. The standard InChI is InChI=1S/C11H17N3O3/c1-6(2)7-5-8(14-13-7)9(15)12-11(3,4)10(16)17/h5-6H,1-4H3,(H,12,15)(H,13,14)(H,16,17). The summed E-state index contributed by atoms with van der Waals surface area (Å²) in [4.78, 5) is 22.6. The van der Waals surface area contributed by atoms with E-state index in [2.05, 4.69) is 15.5 Å². The lowest BCUT2D eigenvalue weighted by Gasteiger charge is -2.19. The molecule has 0 aliphatic heterocycles. The molecule has 17 heavy (non-hydrogen) atoms. The van der Waals surface area contributed by atoms with E-state index < -0.39 is 17.4 Å². The van der Waals surface area contributed by atoms with E-state index in [9.17, 15) is 9.59 Å². The molecule has 1 aromatic rings. The third-order valence-corrected chi connectivity index (χ3v) is 2.41. The first-order chi connectivity index (χ1) is 7.74. The van der Waals surface area contributed by atoms with Crippen molar-refractivity contribution in [2.75, 3.05) is 0 Å². The monoisotopic (exact) mass is 239 g/mol. The first-order valence-corrected chi connectivity index (χ1v) is 5.35. The van der Waals surface area contributed by atoms with Crippen molar-refractivity contribution in [3.63, 3.8) is 0 Å². The van der Waals surface area contributed by atoms with E-state index in [1.165, 1.54) is 13.8 Å². The van der Waals surface area contributed by atoms with E-state index in [0.29, 0.717) is 0 Å². The maximum absolute atomic E-state index is 11.7. The van der Waals surface area contributed by atoms with E-state index in [1.54, 1.807) is 6.07 Å². The molecule has 0 radical (unpaired) electrons. The van der Waals surface area contributed by atoms with Gasteiger partial charge in [-0.3, -0.25) is 9.89 Å². The van der Waals surface area contributed by atoms with Crippen molar-refractivity contribution < 1.29 is 14.7 Å². The lowest BCUT2D eigenvalue weighted by Crippen LogP contribution is -2.49. The van der Waals surface area contributed by atoms with Crippen LogP contribution in [0.3, 0.4) is 0 Å². The SMILES string of the molecule is CC(C)c1cc(C(=O)NC(C)(C)C(=O)O)n[nH]1. The second-order valence-electron chi connectivity index (χ2n) is 4.75. The number of carboxylic acids is 1. The molecular weight excluding hydrogens is 222 g/mol. The van der Waals surface area contributed by atoms with Crippen molar-refractivity contribution in [2.24, 2.45) is 0 Å². The van der Waals surface area contributed by atoms with Gasteiger partial charge in [-0.2, -0.15) is 5.10 Å². The molecule has 6 heteroatoms. The summed E-state index contributed by atoms with van der Waals surface area (Å²) in [5, 5.41) is 17.9. The first kappa shape index (κ1) is 13.2. The van der Waals surface area contributed by atoms with Crippen LogP contribution < -0.4 is 5.32 Å². The number of hydrogen-bond acceptors (Lipinski definition) is 3. The van der Waals surface area contributed by atoms with E-state index in [0.717, 1.165) is 5.69 Å². The maximum Gasteiger partial charge on any atom is 0.328 e. The first-order valence-electron chi connectivity index (χ1n) is 5.35. The van der Waals surface area contributed by atoms with Gasteiger partial charge in [0.25, 0.3) is 5.91 Å². The molecule has 6 nitrogen and oxygen atoms in total. The Morgan fingerprint density at radius 1 is 1.47 bits per heavy atom. The molecular formula is C11H17N3O3. The molecule has 1 rings (SSSR count). The minimum absolute atomic E-state index is 0.197. The van der Waals surface area contributed by atoms with Crippen LogP contribution in [0, 0.1) is 0 Å². The van der Waals surface area contributed by atoms with Gasteiger partial charge in [-0.25, -0.2) is 4.79 Å². The van der Waals surface area contributed by atoms with Crippen molar-refractivity contribution in [3.05, 3.63) is 17.5 Å². The zero-order valence-corrected chi connectivity index (χ0v) is 10.4. The summed E-state index contributed by atoms with van der Waals surface area (Å²) < 4.78 is 0. The summed E-state index contributed by atoms with van der Waals surface area (Å²) in [5.74, 6) is -1.36. The second kappa shape index (κ2) is 4.57. The Morgan fingerprint density at radius 3 is 2.47 bits per heavy atom. The highest BCUT2D eigenvalue weighted by molar-refractivity contribution is 5.96. The lowest BCUT2D eigenvalue weighted by atomic mass is 10.1. The van der Waals surface area contributed by atoms with Crippen LogP contribution in [-0.2, 0) is 4.79 Å². The number of aliphatic carboxylic acids is 1. The Morgan fingerprint density at radius 2 is 2.06 bits per heavy atom. The molecule has 0 aliphatic rings. The van der Waals surface area contributed by atoms with Gasteiger partial charge in [-0.1, -0.05) is 13.8 Å². The number of rotatable bonds is 4. The highest BCUT2D eigenvalue weighted by atomic mass is 16.4. The Labute approximate surface area is 99.4 Å². The van der Waals surface area contributed by atoms with Crippen LogP contribution in [0.15, 0.2) is 6.07 Å². The third kappa shape index (κ3) is 3.05. The van der Waals surface area contributed by atoms with Crippen LogP contribution >= 0.6 is 0 Å². The Bertz CT molecular complexity index is 435. The quantitative estimate of drug-likeness (QED) is 0.733. The molecule has 0 aromatic carbocycles. The van der Waals surface area contributed by atoms with Crippen LogP contribution in [0.25, 0.3) is 0 Å². The third-order valence-electron chi connectivity index (χ3n) is 2.41. The number of amides is 1. The Hall–Kier alpha value is -1.85. The van der Waals surface area contributed by atoms with Gasteiger partial charge in [0.05, 0.1) is 0 Å². The minimum Gasteiger partial charge on any atom is -0.480 e. The van der Waals surface area contributed by atoms with Crippen LogP contribution in [0.4, 0.5) is 0 Å². The molecule has 0 bridgehead atoms. The topological polar surface area (TPSA) is 95.1 Å². The average molecular weight is 239 g/mol. The average Bonchev–Trinajstić information content (AvgIpc) is 2.65. The van der Waals surface area contributed by atoms with Crippen LogP contribution in [-0.4, -0.2) is 32.7 Å². The molecule has 3 N–H and O–H groups in total. The number of aromatic nitrogens is 2. The van der Waals surface area contributed by atoms with Crippen LogP contribution in [0.2, 0.25) is 0 Å². The number of aromatic amines is 1. The fourth-order valence-corrected chi connectivity index (χ4v) is 1.15. The van der Waals surface area contributed by atoms with Gasteiger partial charge in [-0.05, 0) is 25.8 Å². The number of carboxylic acid groups (broad SMARTS) is 1. The summed E-state index contributed by atoms with van der Waals surface area (Å²) in [7, 11) is 0. The normalized spacial score (nSPS) is 11.6. The van der Waals surface area contributed by atoms with E-state index in [1.807, 2.05) is 13.8 Å². The number of carbonyl (C=O) groups excluding carboxylic acids is 1. The highest BCUT2D eigenvalue weighted by Gasteiger charge is 2.30. The Kier molecular flexibility index (Phi) is 3.55. The van der Waals surface area contributed by atoms with Crippen molar-refractivity contribution in [3.8, 4) is 0 Å². The number of nitrogens with zero attached hydrogens (tertiary/aromatic N) is 1. The molecule has 0 saturated carbocycles. The van der Waals surface area contributed by atoms with E-state index in [4.69, 9.17) is 5.11 Å².